The zero-order valence-corrected chi connectivity index (χ0v) is 11.6. The lowest BCUT2D eigenvalue weighted by molar-refractivity contribution is -0.391. The number of nitro groups is 1. The molecule has 1 aromatic rings. The SMILES string of the molecule is C/C(Cn1nc([N+](=O)[O-])c(Br)c(Br)c1=O)=N\O. The molecule has 10 heteroatoms. The van der Waals surface area contributed by atoms with Crippen molar-refractivity contribution < 1.29 is 10.1 Å². The summed E-state index contributed by atoms with van der Waals surface area (Å²) in [5.74, 6) is -0.498. The number of halogens is 2. The summed E-state index contributed by atoms with van der Waals surface area (Å²) in [7, 11) is 0. The van der Waals surface area contributed by atoms with Gasteiger partial charge in [0.05, 0.1) is 10.8 Å². The molecule has 0 fully saturated rings. The van der Waals surface area contributed by atoms with Crippen molar-refractivity contribution in [2.75, 3.05) is 0 Å². The Balaban J connectivity index is 3.42. The van der Waals surface area contributed by atoms with Gasteiger partial charge in [-0.05, 0) is 43.7 Å². The maximum atomic E-state index is 11.7. The molecule has 0 aliphatic rings. The van der Waals surface area contributed by atoms with E-state index in [1.54, 1.807) is 0 Å². The molecule has 0 aliphatic carbocycles. The molecule has 0 aromatic carbocycles. The predicted molar refractivity (Wildman–Crippen MR) is 65.4 cm³/mol. The first-order chi connectivity index (χ1) is 7.88. The van der Waals surface area contributed by atoms with Crippen LogP contribution in [0.25, 0.3) is 0 Å². The van der Waals surface area contributed by atoms with Gasteiger partial charge in [-0.2, -0.15) is 0 Å². The van der Waals surface area contributed by atoms with Crippen molar-refractivity contribution in [1.29, 1.82) is 0 Å². The van der Waals surface area contributed by atoms with Crippen molar-refractivity contribution in [3.05, 3.63) is 29.4 Å². The van der Waals surface area contributed by atoms with Crippen LogP contribution in [-0.4, -0.2) is 25.6 Å². The zero-order chi connectivity index (χ0) is 13.2. The summed E-state index contributed by atoms with van der Waals surface area (Å²) in [5.41, 5.74) is -0.367. The Morgan fingerprint density at radius 2 is 2.18 bits per heavy atom. The average Bonchev–Trinajstić information content (AvgIpc) is 2.29. The van der Waals surface area contributed by atoms with Crippen LogP contribution in [0.3, 0.4) is 0 Å². The summed E-state index contributed by atoms with van der Waals surface area (Å²) >= 11 is 5.84. The van der Waals surface area contributed by atoms with E-state index in [4.69, 9.17) is 5.21 Å². The zero-order valence-electron chi connectivity index (χ0n) is 8.42. The van der Waals surface area contributed by atoms with E-state index in [0.29, 0.717) is 0 Å². The molecular weight excluding hydrogens is 364 g/mol. The third kappa shape index (κ3) is 2.88. The topological polar surface area (TPSA) is 111 Å². The number of oxime groups is 1. The molecule has 0 unspecified atom stereocenters. The van der Waals surface area contributed by atoms with E-state index in [2.05, 4.69) is 42.1 Å². The van der Waals surface area contributed by atoms with Crippen LogP contribution in [0.2, 0.25) is 0 Å². The number of rotatable bonds is 3. The van der Waals surface area contributed by atoms with E-state index < -0.39 is 16.3 Å². The molecule has 0 spiro atoms. The van der Waals surface area contributed by atoms with Gasteiger partial charge in [-0.15, -0.1) is 4.68 Å². The predicted octanol–water partition coefficient (Wildman–Crippen LogP) is 1.53. The van der Waals surface area contributed by atoms with E-state index in [1.165, 1.54) is 6.92 Å². The van der Waals surface area contributed by atoms with Crippen molar-refractivity contribution in [1.82, 2.24) is 9.78 Å². The molecule has 8 nitrogen and oxygen atoms in total. The molecule has 1 aromatic heterocycles. The van der Waals surface area contributed by atoms with E-state index >= 15 is 0 Å². The first-order valence-corrected chi connectivity index (χ1v) is 5.75. The first-order valence-electron chi connectivity index (χ1n) is 4.16. The minimum Gasteiger partial charge on any atom is -0.411 e. The monoisotopic (exact) mass is 368 g/mol. The van der Waals surface area contributed by atoms with Crippen LogP contribution in [-0.2, 0) is 6.54 Å². The molecule has 92 valence electrons. The standard InChI is InChI=1S/C7H6Br2N4O4/c1-3(11-15)2-12-7(14)5(9)4(8)6(10-12)13(16)17/h15H,2H2,1H3/b11-3+. The Morgan fingerprint density at radius 3 is 2.65 bits per heavy atom. The summed E-state index contributed by atoms with van der Waals surface area (Å²) in [5, 5.41) is 25.6. The van der Waals surface area contributed by atoms with Crippen LogP contribution in [0, 0.1) is 10.1 Å². The van der Waals surface area contributed by atoms with Crippen LogP contribution in [0.5, 0.6) is 0 Å². The van der Waals surface area contributed by atoms with Crippen LogP contribution in [0.15, 0.2) is 18.9 Å². The Morgan fingerprint density at radius 1 is 1.59 bits per heavy atom. The molecule has 0 aliphatic heterocycles. The Labute approximate surface area is 111 Å². The quantitative estimate of drug-likeness (QED) is 0.376. The van der Waals surface area contributed by atoms with Gasteiger partial charge in [0.15, 0.2) is 0 Å². The van der Waals surface area contributed by atoms with Crippen LogP contribution in [0.4, 0.5) is 5.82 Å². The fourth-order valence-corrected chi connectivity index (χ4v) is 1.76. The van der Waals surface area contributed by atoms with Crippen molar-refractivity contribution in [2.45, 2.75) is 13.5 Å². The Hall–Kier alpha value is -1.29. The normalized spacial score (nSPS) is 11.6. The molecule has 0 amide bonds. The molecule has 1 rings (SSSR count). The van der Waals surface area contributed by atoms with Gasteiger partial charge < -0.3 is 15.3 Å². The maximum Gasteiger partial charge on any atom is 0.404 e. The van der Waals surface area contributed by atoms with Gasteiger partial charge in [0.2, 0.25) is 0 Å². The fraction of sp³-hybridized carbons (Fsp3) is 0.286. The minimum atomic E-state index is -0.726. The highest BCUT2D eigenvalue weighted by Gasteiger charge is 2.23. The van der Waals surface area contributed by atoms with Gasteiger partial charge >= 0.3 is 11.4 Å². The minimum absolute atomic E-state index is 0.00932. The summed E-state index contributed by atoms with van der Waals surface area (Å²) in [6, 6.07) is 0. The second-order valence-electron chi connectivity index (χ2n) is 3.01. The van der Waals surface area contributed by atoms with E-state index in [-0.39, 0.29) is 21.2 Å². The highest BCUT2D eigenvalue weighted by atomic mass is 79.9. The van der Waals surface area contributed by atoms with Crippen molar-refractivity contribution >= 4 is 43.4 Å². The molecule has 0 saturated carbocycles. The Kier molecular flexibility index (Phi) is 4.34. The number of hydrogen-bond acceptors (Lipinski definition) is 6. The average molecular weight is 370 g/mol. The van der Waals surface area contributed by atoms with Crippen molar-refractivity contribution in [3.8, 4) is 0 Å². The van der Waals surface area contributed by atoms with E-state index in [0.717, 1.165) is 4.68 Å². The highest BCUT2D eigenvalue weighted by molar-refractivity contribution is 9.13. The van der Waals surface area contributed by atoms with Crippen LogP contribution >= 0.6 is 31.9 Å². The summed E-state index contributed by atoms with van der Waals surface area (Å²) < 4.78 is 0.800. The lowest BCUT2D eigenvalue weighted by Gasteiger charge is -2.02. The summed E-state index contributed by atoms with van der Waals surface area (Å²) in [6.07, 6.45) is 0. The van der Waals surface area contributed by atoms with Crippen molar-refractivity contribution in [3.63, 3.8) is 0 Å². The largest absolute Gasteiger partial charge is 0.411 e. The second kappa shape index (κ2) is 5.36. The Bertz CT molecular complexity index is 554. The van der Waals surface area contributed by atoms with Gasteiger partial charge in [0.25, 0.3) is 0 Å². The third-order valence-corrected chi connectivity index (χ3v) is 3.77. The molecule has 0 atom stereocenters. The van der Waals surface area contributed by atoms with Crippen LogP contribution < -0.4 is 5.56 Å². The number of aromatic nitrogens is 2. The maximum absolute atomic E-state index is 11.7. The number of nitrogens with zero attached hydrogens (tertiary/aromatic N) is 4. The van der Waals surface area contributed by atoms with Gasteiger partial charge in [-0.3, -0.25) is 4.79 Å². The molecular formula is C7H6Br2N4O4. The molecule has 1 N–H and O–H groups in total. The van der Waals surface area contributed by atoms with E-state index in [9.17, 15) is 14.9 Å². The van der Waals surface area contributed by atoms with Gasteiger partial charge in [0, 0.05) is 0 Å². The lowest BCUT2D eigenvalue weighted by Crippen LogP contribution is -2.27. The van der Waals surface area contributed by atoms with Crippen molar-refractivity contribution in [2.24, 2.45) is 5.16 Å². The van der Waals surface area contributed by atoms with Gasteiger partial charge in [0.1, 0.15) is 15.5 Å². The molecule has 0 saturated heterocycles. The molecule has 17 heavy (non-hydrogen) atoms. The lowest BCUT2D eigenvalue weighted by atomic mass is 10.4. The molecule has 0 radical (unpaired) electrons. The molecule has 1 heterocycles. The first kappa shape index (κ1) is 13.8. The summed E-state index contributed by atoms with van der Waals surface area (Å²) in [6.45, 7) is 1.32. The van der Waals surface area contributed by atoms with Gasteiger partial charge in [-0.1, -0.05) is 5.16 Å². The second-order valence-corrected chi connectivity index (χ2v) is 4.59. The summed E-state index contributed by atoms with van der Waals surface area (Å²) in [4.78, 5) is 21.6. The van der Waals surface area contributed by atoms with E-state index in [1.807, 2.05) is 0 Å². The highest BCUT2D eigenvalue weighted by Crippen LogP contribution is 2.27. The molecule has 0 bridgehead atoms. The number of hydrogen-bond donors (Lipinski definition) is 1. The van der Waals surface area contributed by atoms with Crippen LogP contribution in [0.1, 0.15) is 6.92 Å². The fourth-order valence-electron chi connectivity index (χ4n) is 0.981. The smallest absolute Gasteiger partial charge is 0.404 e. The van der Waals surface area contributed by atoms with Gasteiger partial charge in [-0.25, -0.2) is 0 Å². The third-order valence-electron chi connectivity index (χ3n) is 1.75.